The molecular weight excluding hydrogens is 404 g/mol. The third-order valence-electron chi connectivity index (χ3n) is 5.54. The highest BCUT2D eigenvalue weighted by Crippen LogP contribution is 2.37. The van der Waals surface area contributed by atoms with Crippen molar-refractivity contribution in [2.45, 2.75) is 44.3 Å². The number of aromatic nitrogens is 3. The molecule has 2 aromatic rings. The largest absolute Gasteiger partial charge is 0.477 e. The van der Waals surface area contributed by atoms with Crippen molar-refractivity contribution in [3.8, 4) is 5.75 Å². The molecule has 0 spiro atoms. The van der Waals surface area contributed by atoms with Gasteiger partial charge < -0.3 is 15.4 Å². The van der Waals surface area contributed by atoms with Crippen LogP contribution in [0.15, 0.2) is 12.1 Å². The van der Waals surface area contributed by atoms with E-state index in [1.54, 1.807) is 0 Å². The fourth-order valence-electron chi connectivity index (χ4n) is 4.03. The summed E-state index contributed by atoms with van der Waals surface area (Å²) in [5.74, 6) is 0.110. The Morgan fingerprint density at radius 2 is 1.79 bits per heavy atom. The number of rotatable bonds is 4. The lowest BCUT2D eigenvalue weighted by atomic mass is 9.94. The van der Waals surface area contributed by atoms with Gasteiger partial charge in [-0.05, 0) is 56.8 Å². The molecule has 2 unspecified atom stereocenters. The molecule has 6 nitrogen and oxygen atoms in total. The Morgan fingerprint density at radius 3 is 2.38 bits per heavy atom. The summed E-state index contributed by atoms with van der Waals surface area (Å²) in [6.07, 6.45) is -9.68. The van der Waals surface area contributed by atoms with Crippen molar-refractivity contribution in [1.82, 2.24) is 19.9 Å². The van der Waals surface area contributed by atoms with E-state index in [4.69, 9.17) is 4.74 Å². The smallest absolute Gasteiger partial charge is 0.433 e. The molecule has 1 aliphatic carbocycles. The standard InChI is InChI=1S/C17H19F6N5O/c1-8(16(18,19)20)29-11-4-5-12(17(21,22)23)28-14(11)26-15(27-28)25-13-9-2-3-10(13)7-24-6-9/h4-5,8-10,13,24H,2-3,6-7H2,1H3,(H,25,27)/t8?,9-,10+,13?. The van der Waals surface area contributed by atoms with Gasteiger partial charge in [-0.1, -0.05) is 0 Å². The lowest BCUT2D eigenvalue weighted by molar-refractivity contribution is -0.189. The number of nitrogens with one attached hydrogen (secondary N) is 2. The maximum Gasteiger partial charge on any atom is 0.433 e. The third kappa shape index (κ3) is 3.81. The number of hydrogen-bond donors (Lipinski definition) is 2. The molecule has 3 heterocycles. The predicted octanol–water partition coefficient (Wildman–Crippen LogP) is 3.49. The van der Waals surface area contributed by atoms with Gasteiger partial charge in [0.2, 0.25) is 5.95 Å². The zero-order valence-corrected chi connectivity index (χ0v) is 15.3. The number of alkyl halides is 6. The first-order chi connectivity index (χ1) is 13.5. The number of fused-ring (bicyclic) bond motifs is 3. The van der Waals surface area contributed by atoms with Crippen molar-refractivity contribution in [2.24, 2.45) is 11.8 Å². The zero-order chi connectivity index (χ0) is 21.0. The Labute approximate surface area is 161 Å². The average Bonchev–Trinajstić information content (AvgIpc) is 3.10. The number of hydrogen-bond acceptors (Lipinski definition) is 5. The minimum absolute atomic E-state index is 0.00136. The lowest BCUT2D eigenvalue weighted by Gasteiger charge is -2.30. The van der Waals surface area contributed by atoms with Crippen molar-refractivity contribution >= 4 is 11.6 Å². The second-order valence-corrected chi connectivity index (χ2v) is 7.48. The van der Waals surface area contributed by atoms with Gasteiger partial charge in [0, 0.05) is 6.04 Å². The van der Waals surface area contributed by atoms with Gasteiger partial charge in [-0.2, -0.15) is 31.3 Å². The quantitative estimate of drug-likeness (QED) is 0.738. The number of piperidine rings is 1. The van der Waals surface area contributed by atoms with Crippen molar-refractivity contribution in [3.05, 3.63) is 17.8 Å². The maximum absolute atomic E-state index is 13.4. The predicted molar refractivity (Wildman–Crippen MR) is 90.6 cm³/mol. The fourth-order valence-corrected chi connectivity index (χ4v) is 4.03. The van der Waals surface area contributed by atoms with E-state index in [0.717, 1.165) is 38.9 Å². The molecule has 1 saturated heterocycles. The van der Waals surface area contributed by atoms with Crippen LogP contribution >= 0.6 is 0 Å². The molecule has 2 aromatic heterocycles. The molecule has 0 aromatic carbocycles. The summed E-state index contributed by atoms with van der Waals surface area (Å²) in [6, 6.07) is 1.48. The van der Waals surface area contributed by atoms with Gasteiger partial charge in [0.25, 0.3) is 0 Å². The van der Waals surface area contributed by atoms with Crippen LogP contribution in [0.3, 0.4) is 0 Å². The summed E-state index contributed by atoms with van der Waals surface area (Å²) in [5.41, 5.74) is -1.56. The summed E-state index contributed by atoms with van der Waals surface area (Å²) < 4.78 is 84.0. The van der Waals surface area contributed by atoms with Gasteiger partial charge in [0.15, 0.2) is 17.5 Å². The van der Waals surface area contributed by atoms with E-state index in [9.17, 15) is 26.3 Å². The molecule has 2 bridgehead atoms. The second-order valence-electron chi connectivity index (χ2n) is 7.48. The van der Waals surface area contributed by atoms with Crippen molar-refractivity contribution in [2.75, 3.05) is 18.4 Å². The third-order valence-corrected chi connectivity index (χ3v) is 5.54. The van der Waals surface area contributed by atoms with Gasteiger partial charge in [0.05, 0.1) is 0 Å². The summed E-state index contributed by atoms with van der Waals surface area (Å²) in [4.78, 5) is 4.04. The highest BCUT2D eigenvalue weighted by atomic mass is 19.4. The summed E-state index contributed by atoms with van der Waals surface area (Å²) >= 11 is 0. The van der Waals surface area contributed by atoms with Crippen LogP contribution in [0.1, 0.15) is 25.5 Å². The maximum atomic E-state index is 13.4. The monoisotopic (exact) mass is 423 g/mol. The van der Waals surface area contributed by atoms with Gasteiger partial charge >= 0.3 is 12.4 Å². The number of ether oxygens (including phenoxy) is 1. The lowest BCUT2D eigenvalue weighted by Crippen LogP contribution is -2.45. The summed E-state index contributed by atoms with van der Waals surface area (Å²) in [7, 11) is 0. The number of nitrogens with zero attached hydrogens (tertiary/aromatic N) is 3. The van der Waals surface area contributed by atoms with E-state index in [2.05, 4.69) is 20.7 Å². The Hall–Kier alpha value is -2.24. The van der Waals surface area contributed by atoms with Crippen LogP contribution in [0.5, 0.6) is 5.75 Å². The number of halogens is 6. The minimum atomic E-state index is -4.76. The van der Waals surface area contributed by atoms with Crippen LogP contribution in [0.25, 0.3) is 5.65 Å². The Morgan fingerprint density at radius 1 is 1.14 bits per heavy atom. The normalized spacial score (nSPS) is 26.0. The topological polar surface area (TPSA) is 63.5 Å². The van der Waals surface area contributed by atoms with E-state index in [1.165, 1.54) is 0 Å². The SMILES string of the molecule is CC(Oc1ccc(C(F)(F)F)n2nc(NC3[C@@H]4CC[C@H]3CNC4)nc12)C(F)(F)F. The van der Waals surface area contributed by atoms with Gasteiger partial charge in [-0.15, -0.1) is 5.10 Å². The molecular formula is C17H19F6N5O. The molecule has 0 amide bonds. The van der Waals surface area contributed by atoms with Crippen LogP contribution in [-0.2, 0) is 6.18 Å². The van der Waals surface area contributed by atoms with Crippen molar-refractivity contribution < 1.29 is 31.1 Å². The minimum Gasteiger partial charge on any atom is -0.477 e. The van der Waals surface area contributed by atoms with E-state index in [-0.39, 0.29) is 12.0 Å². The van der Waals surface area contributed by atoms with E-state index >= 15 is 0 Å². The Kier molecular flexibility index (Phi) is 4.79. The van der Waals surface area contributed by atoms with Gasteiger partial charge in [-0.25, -0.2) is 4.52 Å². The zero-order valence-electron chi connectivity index (χ0n) is 15.3. The summed E-state index contributed by atoms with van der Waals surface area (Å²) in [5, 5.41) is 10.3. The number of pyridine rings is 1. The van der Waals surface area contributed by atoms with E-state index in [0.29, 0.717) is 22.4 Å². The molecule has 12 heteroatoms. The molecule has 4 rings (SSSR count). The van der Waals surface area contributed by atoms with Crippen molar-refractivity contribution in [3.63, 3.8) is 0 Å². The van der Waals surface area contributed by atoms with Crippen LogP contribution in [0.4, 0.5) is 32.3 Å². The molecule has 4 atom stereocenters. The van der Waals surface area contributed by atoms with Crippen LogP contribution < -0.4 is 15.4 Å². The Balaban J connectivity index is 1.71. The van der Waals surface area contributed by atoms with Gasteiger partial charge in [-0.3, -0.25) is 0 Å². The average molecular weight is 423 g/mol. The second kappa shape index (κ2) is 6.92. The molecule has 2 aliphatic rings. The molecule has 29 heavy (non-hydrogen) atoms. The summed E-state index contributed by atoms with van der Waals surface area (Å²) in [6.45, 7) is 2.34. The van der Waals surface area contributed by atoms with Crippen LogP contribution in [-0.4, -0.2) is 46.0 Å². The van der Waals surface area contributed by atoms with Crippen LogP contribution in [0.2, 0.25) is 0 Å². The molecule has 0 radical (unpaired) electrons. The van der Waals surface area contributed by atoms with E-state index < -0.39 is 35.5 Å². The number of anilines is 1. The fraction of sp³-hybridized carbons (Fsp3) is 0.647. The molecule has 1 aliphatic heterocycles. The molecule has 1 saturated carbocycles. The van der Waals surface area contributed by atoms with Crippen molar-refractivity contribution in [1.29, 1.82) is 0 Å². The van der Waals surface area contributed by atoms with E-state index in [1.807, 2.05) is 0 Å². The Bertz CT molecular complexity index is 879. The molecule has 160 valence electrons. The molecule has 2 N–H and O–H groups in total. The highest BCUT2D eigenvalue weighted by molar-refractivity contribution is 5.57. The first-order valence-corrected chi connectivity index (χ1v) is 9.21. The first-order valence-electron chi connectivity index (χ1n) is 9.21. The molecule has 2 fully saturated rings. The van der Waals surface area contributed by atoms with Gasteiger partial charge in [0.1, 0.15) is 5.69 Å². The first kappa shape index (κ1) is 20.0. The highest BCUT2D eigenvalue weighted by Gasteiger charge is 2.41. The van der Waals surface area contributed by atoms with Crippen LogP contribution in [0, 0.1) is 11.8 Å².